The van der Waals surface area contributed by atoms with Gasteiger partial charge in [-0.05, 0) is 71.5 Å². The van der Waals surface area contributed by atoms with E-state index in [9.17, 15) is 0 Å². The zero-order chi connectivity index (χ0) is 14.0. The molecular formula is C14H24INOSi. The lowest BCUT2D eigenvalue weighted by Gasteiger charge is -2.36. The van der Waals surface area contributed by atoms with Crippen LogP contribution in [-0.2, 0) is 6.54 Å². The summed E-state index contributed by atoms with van der Waals surface area (Å²) in [6, 6.07) is 6.38. The Kier molecular flexibility index (Phi) is 5.26. The third-order valence-corrected chi connectivity index (χ3v) is 8.97. The number of rotatable bonds is 4. The minimum Gasteiger partial charge on any atom is -0.543 e. The number of hydrogen-bond donors (Lipinski definition) is 1. The van der Waals surface area contributed by atoms with Gasteiger partial charge in [-0.15, -0.1) is 0 Å². The summed E-state index contributed by atoms with van der Waals surface area (Å²) >= 11 is 2.37. The summed E-state index contributed by atoms with van der Waals surface area (Å²) < 4.78 is 7.60. The lowest BCUT2D eigenvalue weighted by Crippen LogP contribution is -2.43. The van der Waals surface area contributed by atoms with E-state index in [0.717, 1.165) is 12.3 Å². The minimum atomic E-state index is -1.73. The fourth-order valence-electron chi connectivity index (χ4n) is 1.39. The zero-order valence-corrected chi connectivity index (χ0v) is 15.4. The first-order chi connectivity index (χ1) is 8.17. The highest BCUT2D eigenvalue weighted by atomic mass is 127. The molecule has 1 aromatic rings. The first-order valence-electron chi connectivity index (χ1n) is 6.29. The molecule has 0 saturated heterocycles. The fraction of sp³-hybridized carbons (Fsp3) is 0.571. The Bertz CT molecular complexity index is 413. The summed E-state index contributed by atoms with van der Waals surface area (Å²) in [6.45, 7) is 12.2. The predicted molar refractivity (Wildman–Crippen MR) is 89.7 cm³/mol. The van der Waals surface area contributed by atoms with Crippen molar-refractivity contribution in [2.24, 2.45) is 0 Å². The molecule has 0 heterocycles. The van der Waals surface area contributed by atoms with Gasteiger partial charge in [0.25, 0.3) is 0 Å². The molecule has 0 aliphatic carbocycles. The van der Waals surface area contributed by atoms with Gasteiger partial charge < -0.3 is 9.74 Å². The van der Waals surface area contributed by atoms with Crippen molar-refractivity contribution < 1.29 is 4.43 Å². The van der Waals surface area contributed by atoms with E-state index in [4.69, 9.17) is 4.43 Å². The van der Waals surface area contributed by atoms with Crippen molar-refractivity contribution in [1.82, 2.24) is 5.32 Å². The van der Waals surface area contributed by atoms with Gasteiger partial charge in [-0.1, -0.05) is 20.8 Å². The highest BCUT2D eigenvalue weighted by Crippen LogP contribution is 2.37. The predicted octanol–water partition coefficient (Wildman–Crippen LogP) is 4.39. The van der Waals surface area contributed by atoms with Gasteiger partial charge in [-0.2, -0.15) is 0 Å². The molecule has 4 heteroatoms. The van der Waals surface area contributed by atoms with Crippen LogP contribution in [0.2, 0.25) is 18.1 Å². The van der Waals surface area contributed by atoms with E-state index < -0.39 is 8.32 Å². The van der Waals surface area contributed by atoms with E-state index in [1.54, 1.807) is 0 Å². The Morgan fingerprint density at radius 1 is 1.28 bits per heavy atom. The second-order valence-electron chi connectivity index (χ2n) is 6.15. The largest absolute Gasteiger partial charge is 0.543 e. The molecule has 0 fully saturated rings. The van der Waals surface area contributed by atoms with E-state index in [-0.39, 0.29) is 5.04 Å². The molecule has 1 aromatic carbocycles. The molecule has 0 aromatic heterocycles. The average Bonchev–Trinajstić information content (AvgIpc) is 2.21. The molecule has 0 aliphatic heterocycles. The maximum absolute atomic E-state index is 6.32. The maximum atomic E-state index is 6.32. The van der Waals surface area contributed by atoms with Crippen molar-refractivity contribution >= 4 is 30.9 Å². The number of nitrogens with one attached hydrogen (secondary N) is 1. The summed E-state index contributed by atoms with van der Waals surface area (Å²) in [5.74, 6) is 1.01. The van der Waals surface area contributed by atoms with E-state index in [1.807, 2.05) is 7.05 Å². The van der Waals surface area contributed by atoms with Crippen LogP contribution in [0.15, 0.2) is 18.2 Å². The van der Waals surface area contributed by atoms with E-state index in [2.05, 4.69) is 80.0 Å². The van der Waals surface area contributed by atoms with Crippen LogP contribution in [0.3, 0.4) is 0 Å². The summed E-state index contributed by atoms with van der Waals surface area (Å²) in [5, 5.41) is 3.43. The van der Waals surface area contributed by atoms with Gasteiger partial charge in [0, 0.05) is 10.1 Å². The van der Waals surface area contributed by atoms with E-state index in [0.29, 0.717) is 0 Å². The van der Waals surface area contributed by atoms with E-state index >= 15 is 0 Å². The lowest BCUT2D eigenvalue weighted by molar-refractivity contribution is 0.491. The minimum absolute atomic E-state index is 0.235. The van der Waals surface area contributed by atoms with Crippen LogP contribution >= 0.6 is 22.6 Å². The molecule has 0 unspecified atom stereocenters. The van der Waals surface area contributed by atoms with E-state index in [1.165, 1.54) is 9.13 Å². The van der Waals surface area contributed by atoms with Crippen LogP contribution in [0.4, 0.5) is 0 Å². The summed E-state index contributed by atoms with van der Waals surface area (Å²) in [4.78, 5) is 0. The molecule has 1 N–H and O–H groups in total. The maximum Gasteiger partial charge on any atom is 0.250 e. The number of hydrogen-bond acceptors (Lipinski definition) is 2. The van der Waals surface area contributed by atoms with Crippen molar-refractivity contribution in [2.45, 2.75) is 45.4 Å². The van der Waals surface area contributed by atoms with Gasteiger partial charge in [-0.25, -0.2) is 0 Å². The molecule has 0 atom stereocenters. The molecule has 0 aliphatic rings. The molecule has 0 spiro atoms. The molecule has 2 nitrogen and oxygen atoms in total. The molecule has 0 amide bonds. The summed E-state index contributed by atoms with van der Waals surface area (Å²) in [5.41, 5.74) is 1.30. The van der Waals surface area contributed by atoms with Crippen LogP contribution in [0.5, 0.6) is 5.75 Å². The quantitative estimate of drug-likeness (QED) is 0.621. The Morgan fingerprint density at radius 2 is 1.89 bits per heavy atom. The third kappa shape index (κ3) is 3.96. The zero-order valence-electron chi connectivity index (χ0n) is 12.2. The molecule has 1 rings (SSSR count). The molecule has 0 radical (unpaired) electrons. The van der Waals surface area contributed by atoms with Gasteiger partial charge in [0.15, 0.2) is 0 Å². The molecular weight excluding hydrogens is 353 g/mol. The summed E-state index contributed by atoms with van der Waals surface area (Å²) in [6.07, 6.45) is 0. The monoisotopic (exact) mass is 377 g/mol. The number of benzene rings is 1. The van der Waals surface area contributed by atoms with Crippen molar-refractivity contribution in [3.63, 3.8) is 0 Å². The van der Waals surface area contributed by atoms with Crippen molar-refractivity contribution in [1.29, 1.82) is 0 Å². The molecule has 18 heavy (non-hydrogen) atoms. The highest BCUT2D eigenvalue weighted by molar-refractivity contribution is 14.1. The first-order valence-corrected chi connectivity index (χ1v) is 10.3. The van der Waals surface area contributed by atoms with Gasteiger partial charge in [-0.3, -0.25) is 0 Å². The van der Waals surface area contributed by atoms with Crippen molar-refractivity contribution in [3.8, 4) is 5.75 Å². The van der Waals surface area contributed by atoms with Crippen molar-refractivity contribution in [3.05, 3.63) is 27.3 Å². The lowest BCUT2D eigenvalue weighted by atomic mass is 10.2. The second-order valence-corrected chi connectivity index (χ2v) is 12.0. The molecule has 102 valence electrons. The summed E-state index contributed by atoms with van der Waals surface area (Å²) in [7, 11) is 0.238. The second kappa shape index (κ2) is 5.92. The van der Waals surface area contributed by atoms with Crippen molar-refractivity contribution in [2.75, 3.05) is 7.05 Å². The van der Waals surface area contributed by atoms with Gasteiger partial charge in [0.1, 0.15) is 5.75 Å². The van der Waals surface area contributed by atoms with Gasteiger partial charge in [0.05, 0.1) is 0 Å². The standard InChI is InChI=1S/C14H24INOSi/c1-14(2,3)18(5,6)17-12-7-8-13(15)11(9-12)10-16-4/h7-9,16H,10H2,1-6H3. The fourth-order valence-corrected chi connectivity index (χ4v) is 2.94. The topological polar surface area (TPSA) is 21.3 Å². The van der Waals surface area contributed by atoms with Gasteiger partial charge in [0.2, 0.25) is 8.32 Å². The molecule has 0 saturated carbocycles. The Balaban J connectivity index is 2.95. The highest BCUT2D eigenvalue weighted by Gasteiger charge is 2.38. The third-order valence-electron chi connectivity index (χ3n) is 3.56. The van der Waals surface area contributed by atoms with Crippen LogP contribution in [0.25, 0.3) is 0 Å². The number of halogens is 1. The SMILES string of the molecule is CNCc1cc(O[Si](C)(C)C(C)(C)C)ccc1I. The Morgan fingerprint density at radius 3 is 2.39 bits per heavy atom. The Labute approximate surface area is 126 Å². The first kappa shape index (κ1) is 16.0. The average molecular weight is 377 g/mol. The van der Waals surface area contributed by atoms with Crippen LogP contribution in [-0.4, -0.2) is 15.4 Å². The normalized spacial score (nSPS) is 12.6. The van der Waals surface area contributed by atoms with Crippen LogP contribution < -0.4 is 9.74 Å². The Hall–Kier alpha value is -0.0731. The van der Waals surface area contributed by atoms with Crippen LogP contribution in [0.1, 0.15) is 26.3 Å². The molecule has 0 bridgehead atoms. The smallest absolute Gasteiger partial charge is 0.250 e. The van der Waals surface area contributed by atoms with Gasteiger partial charge >= 0.3 is 0 Å². The van der Waals surface area contributed by atoms with Crippen LogP contribution in [0, 0.1) is 3.57 Å².